The molecular weight excluding hydrogens is 236 g/mol. The average Bonchev–Trinajstić information content (AvgIpc) is 2.86. The lowest BCUT2D eigenvalue weighted by molar-refractivity contribution is 0.217. The topological polar surface area (TPSA) is 53.6 Å². The van der Waals surface area contributed by atoms with Gasteiger partial charge in [-0.3, -0.25) is 5.32 Å². The molecule has 0 bridgehead atoms. The van der Waals surface area contributed by atoms with E-state index in [1.54, 1.807) is 0 Å². The molecule has 1 aromatic heterocycles. The second kappa shape index (κ2) is 5.75. The van der Waals surface area contributed by atoms with Crippen molar-refractivity contribution in [2.75, 3.05) is 0 Å². The van der Waals surface area contributed by atoms with Crippen molar-refractivity contribution in [3.8, 4) is 6.07 Å². The van der Waals surface area contributed by atoms with E-state index in [2.05, 4.69) is 47.9 Å². The summed E-state index contributed by atoms with van der Waals surface area (Å²) in [4.78, 5) is 4.40. The summed E-state index contributed by atoms with van der Waals surface area (Å²) in [6, 6.07) is 3.27. The predicted octanol–water partition coefficient (Wildman–Crippen LogP) is 2.82. The summed E-state index contributed by atoms with van der Waals surface area (Å²) in [6.45, 7) is 6.35. The first kappa shape index (κ1) is 14.1. The third-order valence-electron chi connectivity index (χ3n) is 3.96. The molecule has 2 unspecified atom stereocenters. The second-order valence-electron chi connectivity index (χ2n) is 5.85. The van der Waals surface area contributed by atoms with E-state index in [0.717, 1.165) is 37.9 Å². The Labute approximate surface area is 115 Å². The maximum atomic E-state index is 9.59. The third kappa shape index (κ3) is 2.98. The number of nitriles is 1. The molecular formula is C15H24N4. The van der Waals surface area contributed by atoms with Gasteiger partial charge < -0.3 is 4.57 Å². The first-order chi connectivity index (χ1) is 9.10. The maximum absolute atomic E-state index is 9.59. The van der Waals surface area contributed by atoms with Crippen LogP contribution in [0.1, 0.15) is 58.3 Å². The summed E-state index contributed by atoms with van der Waals surface area (Å²) in [5.74, 6) is 1.13. The lowest BCUT2D eigenvalue weighted by atomic mass is 9.79. The fourth-order valence-corrected chi connectivity index (χ4v) is 3.25. The van der Waals surface area contributed by atoms with Gasteiger partial charge in [-0.15, -0.1) is 0 Å². The summed E-state index contributed by atoms with van der Waals surface area (Å²) in [5.41, 5.74) is -0.369. The molecule has 1 N–H and O–H groups in total. The van der Waals surface area contributed by atoms with Crippen molar-refractivity contribution in [2.45, 2.75) is 70.5 Å². The standard InChI is InChI=1S/C15H24N4/c1-4-14-17-8-9-19(14)13-6-5-7-15(10-13,11-16)18-12(2)3/h8-9,12-13,18H,4-7,10H2,1-3H3. The molecule has 0 spiro atoms. The van der Waals surface area contributed by atoms with Crippen molar-refractivity contribution in [1.29, 1.82) is 5.26 Å². The molecule has 0 radical (unpaired) electrons. The van der Waals surface area contributed by atoms with E-state index in [1.807, 2.05) is 6.20 Å². The number of imidazole rings is 1. The van der Waals surface area contributed by atoms with Crippen LogP contribution in [0.3, 0.4) is 0 Å². The van der Waals surface area contributed by atoms with E-state index < -0.39 is 0 Å². The Morgan fingerprint density at radius 2 is 2.42 bits per heavy atom. The van der Waals surface area contributed by atoms with Gasteiger partial charge >= 0.3 is 0 Å². The number of aromatic nitrogens is 2. The van der Waals surface area contributed by atoms with Crippen molar-refractivity contribution in [1.82, 2.24) is 14.9 Å². The van der Waals surface area contributed by atoms with Crippen molar-refractivity contribution in [3.63, 3.8) is 0 Å². The molecule has 19 heavy (non-hydrogen) atoms. The van der Waals surface area contributed by atoms with E-state index in [4.69, 9.17) is 0 Å². The van der Waals surface area contributed by atoms with Gasteiger partial charge in [-0.1, -0.05) is 6.92 Å². The minimum atomic E-state index is -0.369. The normalized spacial score (nSPS) is 27.4. The Hall–Kier alpha value is -1.34. The van der Waals surface area contributed by atoms with Crippen LogP contribution in [0.2, 0.25) is 0 Å². The van der Waals surface area contributed by atoms with Crippen LogP contribution in [0.15, 0.2) is 12.4 Å². The molecule has 1 fully saturated rings. The SMILES string of the molecule is CCc1nccn1C1CCCC(C#N)(NC(C)C)C1. The van der Waals surface area contributed by atoms with Gasteiger partial charge in [-0.2, -0.15) is 5.26 Å². The molecule has 0 amide bonds. The maximum Gasteiger partial charge on any atom is 0.108 e. The monoisotopic (exact) mass is 260 g/mol. The smallest absolute Gasteiger partial charge is 0.108 e. The van der Waals surface area contributed by atoms with Crippen molar-refractivity contribution in [3.05, 3.63) is 18.2 Å². The molecule has 1 aliphatic carbocycles. The van der Waals surface area contributed by atoms with Crippen LogP contribution >= 0.6 is 0 Å². The van der Waals surface area contributed by atoms with Gasteiger partial charge in [0.05, 0.1) is 6.07 Å². The Morgan fingerprint density at radius 1 is 1.63 bits per heavy atom. The highest BCUT2D eigenvalue weighted by molar-refractivity contribution is 5.12. The Kier molecular flexibility index (Phi) is 4.26. The summed E-state index contributed by atoms with van der Waals surface area (Å²) < 4.78 is 2.27. The van der Waals surface area contributed by atoms with E-state index in [1.165, 1.54) is 0 Å². The number of aryl methyl sites for hydroxylation is 1. The van der Waals surface area contributed by atoms with Crippen LogP contribution in [0.5, 0.6) is 0 Å². The third-order valence-corrected chi connectivity index (χ3v) is 3.96. The van der Waals surface area contributed by atoms with Crippen molar-refractivity contribution < 1.29 is 0 Å². The van der Waals surface area contributed by atoms with E-state index in [9.17, 15) is 5.26 Å². The largest absolute Gasteiger partial charge is 0.332 e. The molecule has 2 atom stereocenters. The number of hydrogen-bond acceptors (Lipinski definition) is 3. The molecule has 0 saturated heterocycles. The Morgan fingerprint density at radius 3 is 3.05 bits per heavy atom. The van der Waals surface area contributed by atoms with Gasteiger partial charge in [-0.05, 0) is 39.5 Å². The summed E-state index contributed by atoms with van der Waals surface area (Å²) in [5, 5.41) is 13.1. The molecule has 104 valence electrons. The van der Waals surface area contributed by atoms with Crippen LogP contribution < -0.4 is 5.32 Å². The first-order valence-electron chi connectivity index (χ1n) is 7.31. The average molecular weight is 260 g/mol. The van der Waals surface area contributed by atoms with Gasteiger partial charge in [0.25, 0.3) is 0 Å². The molecule has 0 aromatic carbocycles. The first-order valence-corrected chi connectivity index (χ1v) is 7.31. The van der Waals surface area contributed by atoms with Crippen LogP contribution in [0.25, 0.3) is 0 Å². The molecule has 1 saturated carbocycles. The number of nitrogens with zero attached hydrogens (tertiary/aromatic N) is 3. The minimum absolute atomic E-state index is 0.340. The zero-order valence-electron chi connectivity index (χ0n) is 12.2. The van der Waals surface area contributed by atoms with Gasteiger partial charge in [0.2, 0.25) is 0 Å². The van der Waals surface area contributed by atoms with Crippen molar-refractivity contribution >= 4 is 0 Å². The Balaban J connectivity index is 2.19. The highest BCUT2D eigenvalue weighted by Gasteiger charge is 2.37. The fraction of sp³-hybridized carbons (Fsp3) is 0.733. The lowest BCUT2D eigenvalue weighted by Crippen LogP contribution is -2.50. The lowest BCUT2D eigenvalue weighted by Gasteiger charge is -2.38. The van der Waals surface area contributed by atoms with Gasteiger partial charge in [0, 0.05) is 30.9 Å². The van der Waals surface area contributed by atoms with Crippen molar-refractivity contribution in [2.24, 2.45) is 0 Å². The quantitative estimate of drug-likeness (QED) is 0.905. The van der Waals surface area contributed by atoms with Gasteiger partial charge in [0.1, 0.15) is 11.4 Å². The van der Waals surface area contributed by atoms with Crippen LogP contribution in [-0.2, 0) is 6.42 Å². The molecule has 4 nitrogen and oxygen atoms in total. The Bertz CT molecular complexity index is 457. The molecule has 2 rings (SSSR count). The summed E-state index contributed by atoms with van der Waals surface area (Å²) in [7, 11) is 0. The van der Waals surface area contributed by atoms with E-state index in [0.29, 0.717) is 12.1 Å². The number of rotatable bonds is 4. The fourth-order valence-electron chi connectivity index (χ4n) is 3.25. The molecule has 4 heteroatoms. The van der Waals surface area contributed by atoms with Gasteiger partial charge in [0.15, 0.2) is 0 Å². The molecule has 1 aromatic rings. The molecule has 1 heterocycles. The summed E-state index contributed by atoms with van der Waals surface area (Å²) >= 11 is 0. The van der Waals surface area contributed by atoms with Crippen LogP contribution in [0, 0.1) is 11.3 Å². The second-order valence-corrected chi connectivity index (χ2v) is 5.85. The van der Waals surface area contributed by atoms with Gasteiger partial charge in [-0.25, -0.2) is 4.98 Å². The van der Waals surface area contributed by atoms with E-state index in [-0.39, 0.29) is 5.54 Å². The zero-order chi connectivity index (χ0) is 13.9. The molecule has 1 aliphatic rings. The molecule has 0 aliphatic heterocycles. The predicted molar refractivity (Wildman–Crippen MR) is 75.7 cm³/mol. The highest BCUT2D eigenvalue weighted by atomic mass is 15.1. The van der Waals surface area contributed by atoms with E-state index >= 15 is 0 Å². The summed E-state index contributed by atoms with van der Waals surface area (Å²) in [6.07, 6.45) is 8.95. The zero-order valence-corrected chi connectivity index (χ0v) is 12.2. The van der Waals surface area contributed by atoms with Crippen LogP contribution in [-0.4, -0.2) is 21.1 Å². The highest BCUT2D eigenvalue weighted by Crippen LogP contribution is 2.36. The number of hydrogen-bond donors (Lipinski definition) is 1. The minimum Gasteiger partial charge on any atom is -0.332 e. The number of nitrogens with one attached hydrogen (secondary N) is 1. The van der Waals surface area contributed by atoms with Crippen LogP contribution in [0.4, 0.5) is 0 Å².